The summed E-state index contributed by atoms with van der Waals surface area (Å²) in [4.78, 5) is 39.5. The monoisotopic (exact) mass is 344 g/mol. The van der Waals surface area contributed by atoms with Gasteiger partial charge in [-0.15, -0.1) is 0 Å². The number of amides is 1. The van der Waals surface area contributed by atoms with Crippen molar-refractivity contribution in [2.75, 3.05) is 31.1 Å². The lowest BCUT2D eigenvalue weighted by Gasteiger charge is -2.37. The number of rotatable bonds is 4. The van der Waals surface area contributed by atoms with E-state index in [9.17, 15) is 19.5 Å². The largest absolute Gasteiger partial charge is 0.481 e. The highest BCUT2D eigenvalue weighted by Gasteiger charge is 2.39. The molecule has 1 aromatic carbocycles. The van der Waals surface area contributed by atoms with Crippen LogP contribution in [0.5, 0.6) is 0 Å². The van der Waals surface area contributed by atoms with Gasteiger partial charge in [0.1, 0.15) is 5.78 Å². The third-order valence-corrected chi connectivity index (χ3v) is 5.29. The standard InChI is InChI=1S/C19H24N2O4/c1-2-18(23)21-9-7-20(8-10-21)16-6-4-3-5-14(16)15-11-13(19(24)25)12-17(15)22/h3-6,13,15H,2,7-12H2,1H3,(H,24,25)/t13-,15+/m0/s1. The summed E-state index contributed by atoms with van der Waals surface area (Å²) in [7, 11) is 0. The van der Waals surface area contributed by atoms with E-state index in [4.69, 9.17) is 0 Å². The molecule has 1 aromatic rings. The van der Waals surface area contributed by atoms with Crippen LogP contribution in [-0.4, -0.2) is 53.8 Å². The predicted molar refractivity (Wildman–Crippen MR) is 93.6 cm³/mol. The number of carbonyl (C=O) groups excluding carboxylic acids is 2. The zero-order valence-corrected chi connectivity index (χ0v) is 14.5. The molecule has 3 rings (SSSR count). The Balaban J connectivity index is 1.77. The molecule has 1 amide bonds. The summed E-state index contributed by atoms with van der Waals surface area (Å²) < 4.78 is 0. The predicted octanol–water partition coefficient (Wildman–Crippen LogP) is 1.89. The average Bonchev–Trinajstić information content (AvgIpc) is 3.03. The van der Waals surface area contributed by atoms with E-state index in [0.29, 0.717) is 25.9 Å². The molecule has 1 aliphatic heterocycles. The smallest absolute Gasteiger partial charge is 0.306 e. The van der Waals surface area contributed by atoms with Crippen molar-refractivity contribution in [1.82, 2.24) is 4.90 Å². The number of hydrogen-bond donors (Lipinski definition) is 1. The summed E-state index contributed by atoms with van der Waals surface area (Å²) in [6.45, 7) is 4.68. The highest BCUT2D eigenvalue weighted by molar-refractivity contribution is 5.94. The molecule has 2 fully saturated rings. The summed E-state index contributed by atoms with van der Waals surface area (Å²) in [6.07, 6.45) is 1.01. The molecule has 2 aliphatic rings. The number of piperazine rings is 1. The maximum absolute atomic E-state index is 12.4. The number of Topliss-reactive ketones (excluding diaryl/α,β-unsaturated/α-hetero) is 1. The lowest BCUT2D eigenvalue weighted by atomic mass is 9.93. The van der Waals surface area contributed by atoms with Crippen molar-refractivity contribution >= 4 is 23.3 Å². The number of aliphatic carboxylic acids is 1. The van der Waals surface area contributed by atoms with Crippen LogP contribution in [0.3, 0.4) is 0 Å². The second-order valence-electron chi connectivity index (χ2n) is 6.77. The molecule has 1 saturated heterocycles. The normalized spacial score (nSPS) is 23.8. The molecule has 0 bridgehead atoms. The van der Waals surface area contributed by atoms with Crippen molar-refractivity contribution in [2.24, 2.45) is 5.92 Å². The van der Waals surface area contributed by atoms with Crippen LogP contribution in [-0.2, 0) is 14.4 Å². The molecule has 25 heavy (non-hydrogen) atoms. The van der Waals surface area contributed by atoms with Crippen molar-refractivity contribution < 1.29 is 19.5 Å². The first-order chi connectivity index (χ1) is 12.0. The van der Waals surface area contributed by atoms with Crippen molar-refractivity contribution in [3.8, 4) is 0 Å². The molecule has 134 valence electrons. The first-order valence-corrected chi connectivity index (χ1v) is 8.88. The Labute approximate surface area is 147 Å². The zero-order chi connectivity index (χ0) is 18.0. The molecular formula is C19H24N2O4. The Kier molecular flexibility index (Phi) is 5.06. The van der Waals surface area contributed by atoms with Gasteiger partial charge in [0.2, 0.25) is 5.91 Å². The van der Waals surface area contributed by atoms with Crippen molar-refractivity contribution in [2.45, 2.75) is 32.1 Å². The molecule has 0 radical (unpaired) electrons. The molecule has 6 heteroatoms. The number of ketones is 1. The Hall–Kier alpha value is -2.37. The van der Waals surface area contributed by atoms with Gasteiger partial charge >= 0.3 is 5.97 Å². The fourth-order valence-corrected chi connectivity index (χ4v) is 3.86. The van der Waals surface area contributed by atoms with Gasteiger partial charge in [0.05, 0.1) is 5.92 Å². The van der Waals surface area contributed by atoms with E-state index in [1.54, 1.807) is 0 Å². The van der Waals surface area contributed by atoms with Crippen LogP contribution in [0, 0.1) is 5.92 Å². The molecule has 6 nitrogen and oxygen atoms in total. The number of carboxylic acid groups (broad SMARTS) is 1. The van der Waals surface area contributed by atoms with Crippen LogP contribution in [0.15, 0.2) is 24.3 Å². The van der Waals surface area contributed by atoms with Gasteiger partial charge in [0.15, 0.2) is 0 Å². The topological polar surface area (TPSA) is 77.9 Å². The van der Waals surface area contributed by atoms with Gasteiger partial charge in [-0.25, -0.2) is 0 Å². The summed E-state index contributed by atoms with van der Waals surface area (Å²) >= 11 is 0. The van der Waals surface area contributed by atoms with Crippen LogP contribution < -0.4 is 4.90 Å². The quantitative estimate of drug-likeness (QED) is 0.902. The van der Waals surface area contributed by atoms with E-state index in [1.807, 2.05) is 36.1 Å². The Bertz CT molecular complexity index is 680. The highest BCUT2D eigenvalue weighted by atomic mass is 16.4. The third-order valence-electron chi connectivity index (χ3n) is 5.29. The SMILES string of the molecule is CCC(=O)N1CCN(c2ccccc2[C@H]2C[C@H](C(=O)O)CC2=O)CC1. The summed E-state index contributed by atoms with van der Waals surface area (Å²) in [5, 5.41) is 9.22. The van der Waals surface area contributed by atoms with Gasteiger partial charge in [-0.2, -0.15) is 0 Å². The van der Waals surface area contributed by atoms with Crippen LogP contribution in [0.2, 0.25) is 0 Å². The Morgan fingerprint density at radius 2 is 1.84 bits per heavy atom. The fraction of sp³-hybridized carbons (Fsp3) is 0.526. The number of hydrogen-bond acceptors (Lipinski definition) is 4. The molecule has 2 atom stereocenters. The van der Waals surface area contributed by atoms with Crippen LogP contribution in [0.4, 0.5) is 5.69 Å². The van der Waals surface area contributed by atoms with E-state index >= 15 is 0 Å². The van der Waals surface area contributed by atoms with E-state index in [1.165, 1.54) is 0 Å². The molecule has 1 N–H and O–H groups in total. The van der Waals surface area contributed by atoms with Crippen LogP contribution >= 0.6 is 0 Å². The summed E-state index contributed by atoms with van der Waals surface area (Å²) in [5.41, 5.74) is 1.92. The van der Waals surface area contributed by atoms with Gasteiger partial charge in [-0.3, -0.25) is 14.4 Å². The number of carbonyl (C=O) groups is 3. The van der Waals surface area contributed by atoms with E-state index in [-0.39, 0.29) is 24.0 Å². The van der Waals surface area contributed by atoms with Gasteiger partial charge < -0.3 is 14.9 Å². The van der Waals surface area contributed by atoms with Gasteiger partial charge in [0, 0.05) is 50.6 Å². The number of carboxylic acids is 1. The second-order valence-corrected chi connectivity index (χ2v) is 6.77. The van der Waals surface area contributed by atoms with Crippen molar-refractivity contribution in [3.05, 3.63) is 29.8 Å². The molecule has 0 unspecified atom stereocenters. The number of nitrogens with zero attached hydrogens (tertiary/aromatic N) is 2. The van der Waals surface area contributed by atoms with E-state index < -0.39 is 11.9 Å². The number of anilines is 1. The van der Waals surface area contributed by atoms with E-state index in [2.05, 4.69) is 4.90 Å². The van der Waals surface area contributed by atoms with Crippen molar-refractivity contribution in [1.29, 1.82) is 0 Å². The average molecular weight is 344 g/mol. The van der Waals surface area contributed by atoms with Crippen molar-refractivity contribution in [3.63, 3.8) is 0 Å². The lowest BCUT2D eigenvalue weighted by molar-refractivity contribution is -0.142. The maximum atomic E-state index is 12.4. The summed E-state index contributed by atoms with van der Waals surface area (Å²) in [5.74, 6) is -1.62. The molecule has 1 aliphatic carbocycles. The fourth-order valence-electron chi connectivity index (χ4n) is 3.86. The first kappa shape index (κ1) is 17.5. The highest BCUT2D eigenvalue weighted by Crippen LogP contribution is 2.40. The Morgan fingerprint density at radius 1 is 1.16 bits per heavy atom. The number of benzene rings is 1. The van der Waals surface area contributed by atoms with Crippen LogP contribution in [0.25, 0.3) is 0 Å². The Morgan fingerprint density at radius 3 is 2.44 bits per heavy atom. The minimum atomic E-state index is -0.889. The second kappa shape index (κ2) is 7.25. The van der Waals surface area contributed by atoms with Gasteiger partial charge in [-0.05, 0) is 18.1 Å². The lowest BCUT2D eigenvalue weighted by Crippen LogP contribution is -2.49. The molecule has 1 heterocycles. The molecule has 0 spiro atoms. The molecule has 0 aromatic heterocycles. The van der Waals surface area contributed by atoms with Gasteiger partial charge in [0.25, 0.3) is 0 Å². The number of para-hydroxylation sites is 1. The van der Waals surface area contributed by atoms with Gasteiger partial charge in [-0.1, -0.05) is 25.1 Å². The molecule has 1 saturated carbocycles. The maximum Gasteiger partial charge on any atom is 0.306 e. The third kappa shape index (κ3) is 3.52. The first-order valence-electron chi connectivity index (χ1n) is 8.88. The minimum absolute atomic E-state index is 0.0136. The minimum Gasteiger partial charge on any atom is -0.481 e. The summed E-state index contributed by atoms with van der Waals surface area (Å²) in [6, 6.07) is 7.77. The molecular weight excluding hydrogens is 320 g/mol. The zero-order valence-electron chi connectivity index (χ0n) is 14.5. The van der Waals surface area contributed by atoms with Crippen LogP contribution in [0.1, 0.15) is 37.7 Å². The van der Waals surface area contributed by atoms with E-state index in [0.717, 1.165) is 24.3 Å².